The third-order valence-electron chi connectivity index (χ3n) is 3.52. The van der Waals surface area contributed by atoms with Crippen LogP contribution in [0.1, 0.15) is 30.0 Å². The molecule has 2 aromatic rings. The number of aromatic hydroxyl groups is 1. The molecule has 1 unspecified atom stereocenters. The van der Waals surface area contributed by atoms with Crippen molar-refractivity contribution in [3.05, 3.63) is 64.0 Å². The first-order valence-corrected chi connectivity index (χ1v) is 7.38. The molecule has 4 N–H and O–H groups in total. The van der Waals surface area contributed by atoms with Crippen LogP contribution in [0.15, 0.2) is 42.7 Å². The Morgan fingerprint density at radius 2 is 2.04 bits per heavy atom. The number of primary amides is 1. The SMILES string of the molecule is NC(=O)CCCNC(c1ccncc1)c1ccc([N+](=O)[O-])cc1O. The van der Waals surface area contributed by atoms with Crippen molar-refractivity contribution in [2.24, 2.45) is 5.73 Å². The van der Waals surface area contributed by atoms with Crippen LogP contribution in [-0.4, -0.2) is 27.5 Å². The Balaban J connectivity index is 2.25. The predicted molar refractivity (Wildman–Crippen MR) is 87.3 cm³/mol. The maximum atomic E-state index is 10.8. The maximum Gasteiger partial charge on any atom is 0.273 e. The van der Waals surface area contributed by atoms with Crippen molar-refractivity contribution in [2.45, 2.75) is 18.9 Å². The quantitative estimate of drug-likeness (QED) is 0.383. The topological polar surface area (TPSA) is 131 Å². The van der Waals surface area contributed by atoms with Crippen molar-refractivity contribution in [3.63, 3.8) is 0 Å². The van der Waals surface area contributed by atoms with Gasteiger partial charge in [-0.25, -0.2) is 0 Å². The van der Waals surface area contributed by atoms with Crippen LogP contribution in [0.25, 0.3) is 0 Å². The summed E-state index contributed by atoms with van der Waals surface area (Å²) in [7, 11) is 0. The number of nitrogens with two attached hydrogens (primary N) is 1. The van der Waals surface area contributed by atoms with Crippen molar-refractivity contribution in [1.29, 1.82) is 0 Å². The Hall–Kier alpha value is -3.00. The van der Waals surface area contributed by atoms with E-state index in [2.05, 4.69) is 10.3 Å². The second-order valence-electron chi connectivity index (χ2n) is 5.24. The summed E-state index contributed by atoms with van der Waals surface area (Å²) in [5.74, 6) is -0.552. The maximum absolute atomic E-state index is 10.8. The molecule has 2 rings (SSSR count). The Bertz CT molecular complexity index is 721. The van der Waals surface area contributed by atoms with Crippen LogP contribution in [0.5, 0.6) is 5.75 Å². The third kappa shape index (κ3) is 4.50. The molecule has 24 heavy (non-hydrogen) atoms. The van der Waals surface area contributed by atoms with E-state index in [-0.39, 0.29) is 29.8 Å². The molecular weight excluding hydrogens is 312 g/mol. The minimum Gasteiger partial charge on any atom is -0.507 e. The number of aromatic nitrogens is 1. The molecule has 0 spiro atoms. The fourth-order valence-corrected chi connectivity index (χ4v) is 2.36. The van der Waals surface area contributed by atoms with Crippen LogP contribution < -0.4 is 11.1 Å². The number of carbonyl (C=O) groups is 1. The lowest BCUT2D eigenvalue weighted by atomic mass is 9.98. The molecule has 0 radical (unpaired) electrons. The number of hydrogen-bond donors (Lipinski definition) is 3. The summed E-state index contributed by atoms with van der Waals surface area (Å²) >= 11 is 0. The number of rotatable bonds is 8. The molecule has 0 aliphatic rings. The van der Waals surface area contributed by atoms with Crippen molar-refractivity contribution in [3.8, 4) is 5.75 Å². The third-order valence-corrected chi connectivity index (χ3v) is 3.52. The van der Waals surface area contributed by atoms with E-state index in [1.165, 1.54) is 12.1 Å². The smallest absolute Gasteiger partial charge is 0.273 e. The molecule has 1 atom stereocenters. The summed E-state index contributed by atoms with van der Waals surface area (Å²) in [6.45, 7) is 0.492. The molecule has 1 heterocycles. The second kappa shape index (κ2) is 8.02. The van der Waals surface area contributed by atoms with Gasteiger partial charge < -0.3 is 16.2 Å². The molecule has 0 bridgehead atoms. The highest BCUT2D eigenvalue weighted by molar-refractivity contribution is 5.73. The summed E-state index contributed by atoms with van der Waals surface area (Å²) in [6, 6.07) is 7.16. The molecule has 0 aliphatic heterocycles. The van der Waals surface area contributed by atoms with E-state index in [9.17, 15) is 20.0 Å². The van der Waals surface area contributed by atoms with Crippen molar-refractivity contribution < 1.29 is 14.8 Å². The van der Waals surface area contributed by atoms with Gasteiger partial charge in [-0.1, -0.05) is 0 Å². The lowest BCUT2D eigenvalue weighted by Crippen LogP contribution is -2.25. The number of nitro groups is 1. The summed E-state index contributed by atoms with van der Waals surface area (Å²) in [5, 5.41) is 24.2. The minimum absolute atomic E-state index is 0.173. The first-order valence-electron chi connectivity index (χ1n) is 7.38. The highest BCUT2D eigenvalue weighted by Crippen LogP contribution is 2.32. The number of nitro benzene ring substituents is 1. The van der Waals surface area contributed by atoms with E-state index in [0.29, 0.717) is 18.5 Å². The zero-order valence-corrected chi connectivity index (χ0v) is 12.9. The largest absolute Gasteiger partial charge is 0.507 e. The Labute approximate surface area is 138 Å². The van der Waals surface area contributed by atoms with E-state index >= 15 is 0 Å². The lowest BCUT2D eigenvalue weighted by molar-refractivity contribution is -0.384. The molecule has 0 aliphatic carbocycles. The monoisotopic (exact) mass is 330 g/mol. The number of nitrogens with zero attached hydrogens (tertiary/aromatic N) is 2. The predicted octanol–water partition coefficient (Wildman–Crippen LogP) is 1.64. The summed E-state index contributed by atoms with van der Waals surface area (Å²) in [4.78, 5) is 25.0. The Morgan fingerprint density at radius 1 is 1.33 bits per heavy atom. The second-order valence-corrected chi connectivity index (χ2v) is 5.24. The van der Waals surface area contributed by atoms with Crippen LogP contribution in [0.2, 0.25) is 0 Å². The number of carbonyl (C=O) groups excluding carboxylic acids is 1. The zero-order chi connectivity index (χ0) is 17.5. The number of pyridine rings is 1. The van der Waals surface area contributed by atoms with Crippen LogP contribution in [0.3, 0.4) is 0 Å². The van der Waals surface area contributed by atoms with Gasteiger partial charge in [-0.3, -0.25) is 19.9 Å². The normalized spacial score (nSPS) is 11.8. The van der Waals surface area contributed by atoms with Crippen LogP contribution in [0, 0.1) is 10.1 Å². The highest BCUT2D eigenvalue weighted by atomic mass is 16.6. The summed E-state index contributed by atoms with van der Waals surface area (Å²) < 4.78 is 0. The van der Waals surface area contributed by atoms with E-state index in [1.807, 2.05) is 0 Å². The molecule has 126 valence electrons. The fraction of sp³-hybridized carbons (Fsp3) is 0.250. The molecule has 0 saturated carbocycles. The van der Waals surface area contributed by atoms with Crippen molar-refractivity contribution >= 4 is 11.6 Å². The fourth-order valence-electron chi connectivity index (χ4n) is 2.36. The van der Waals surface area contributed by atoms with Gasteiger partial charge in [0.05, 0.1) is 17.0 Å². The van der Waals surface area contributed by atoms with Crippen molar-refractivity contribution in [2.75, 3.05) is 6.54 Å². The van der Waals surface area contributed by atoms with Gasteiger partial charge in [-0.05, 0) is 36.7 Å². The number of non-ortho nitro benzene ring substituents is 1. The number of amides is 1. The van der Waals surface area contributed by atoms with Crippen LogP contribution in [0.4, 0.5) is 5.69 Å². The number of hydrogen-bond acceptors (Lipinski definition) is 6. The molecule has 0 fully saturated rings. The highest BCUT2D eigenvalue weighted by Gasteiger charge is 2.19. The van der Waals surface area contributed by atoms with Crippen LogP contribution in [-0.2, 0) is 4.79 Å². The van der Waals surface area contributed by atoms with Gasteiger partial charge in [0.1, 0.15) is 5.75 Å². The van der Waals surface area contributed by atoms with Gasteiger partial charge in [0.25, 0.3) is 5.69 Å². The number of nitrogens with one attached hydrogen (secondary N) is 1. The van der Waals surface area contributed by atoms with Gasteiger partial charge in [0.2, 0.25) is 5.91 Å². The summed E-state index contributed by atoms with van der Waals surface area (Å²) in [6.07, 6.45) is 4.04. The van der Waals surface area contributed by atoms with Gasteiger partial charge in [-0.2, -0.15) is 0 Å². The van der Waals surface area contributed by atoms with E-state index in [1.54, 1.807) is 24.5 Å². The number of phenolic OH excluding ortho intramolecular Hbond substituents is 1. The summed E-state index contributed by atoms with van der Waals surface area (Å²) in [5.41, 5.74) is 6.29. The Morgan fingerprint density at radius 3 is 2.62 bits per heavy atom. The number of phenols is 1. The van der Waals surface area contributed by atoms with E-state index < -0.39 is 4.92 Å². The average molecular weight is 330 g/mol. The first-order chi connectivity index (χ1) is 11.5. The standard InChI is InChI=1S/C16H18N4O4/c17-15(22)2-1-7-19-16(11-5-8-18-9-6-11)13-4-3-12(20(23)24)10-14(13)21/h3-6,8-10,16,19,21H,1-2,7H2,(H2,17,22). The molecule has 0 saturated heterocycles. The molecule has 1 aromatic heterocycles. The molecule has 1 amide bonds. The van der Waals surface area contributed by atoms with Gasteiger partial charge in [-0.15, -0.1) is 0 Å². The van der Waals surface area contributed by atoms with Gasteiger partial charge >= 0.3 is 0 Å². The molecular formula is C16H18N4O4. The zero-order valence-electron chi connectivity index (χ0n) is 12.9. The minimum atomic E-state index is -0.564. The van der Waals surface area contributed by atoms with Gasteiger partial charge in [0.15, 0.2) is 0 Å². The Kier molecular flexibility index (Phi) is 5.80. The average Bonchev–Trinajstić information content (AvgIpc) is 2.56. The molecule has 8 heteroatoms. The first kappa shape index (κ1) is 17.4. The van der Waals surface area contributed by atoms with Crippen LogP contribution >= 0.6 is 0 Å². The van der Waals surface area contributed by atoms with E-state index in [0.717, 1.165) is 11.6 Å². The molecule has 8 nitrogen and oxygen atoms in total. The number of benzene rings is 1. The van der Waals surface area contributed by atoms with Gasteiger partial charge in [0, 0.05) is 30.4 Å². The lowest BCUT2D eigenvalue weighted by Gasteiger charge is -2.20. The molecule has 1 aromatic carbocycles. The van der Waals surface area contributed by atoms with Crippen molar-refractivity contribution in [1.82, 2.24) is 10.3 Å². The van der Waals surface area contributed by atoms with E-state index in [4.69, 9.17) is 5.73 Å².